The molecule has 0 radical (unpaired) electrons. The summed E-state index contributed by atoms with van der Waals surface area (Å²) < 4.78 is 19.0. The highest BCUT2D eigenvalue weighted by molar-refractivity contribution is 5.82. The first-order valence-corrected chi connectivity index (χ1v) is 7.22. The van der Waals surface area contributed by atoms with Gasteiger partial charge >= 0.3 is 0 Å². The smallest absolute Gasteiger partial charge is 0.174 e. The van der Waals surface area contributed by atoms with Gasteiger partial charge in [-0.25, -0.2) is 4.39 Å². The molecule has 1 aliphatic carbocycles. The molecule has 21 heavy (non-hydrogen) atoms. The predicted octanol–water partition coefficient (Wildman–Crippen LogP) is 3.51. The Bertz CT molecular complexity index is 664. The number of aryl methyl sites for hydroxylation is 2. The van der Waals surface area contributed by atoms with Crippen molar-refractivity contribution in [2.45, 2.75) is 25.7 Å². The molecule has 0 heterocycles. The quantitative estimate of drug-likeness (QED) is 0.840. The van der Waals surface area contributed by atoms with Crippen molar-refractivity contribution in [1.29, 1.82) is 0 Å². The number of hydrogen-bond acceptors (Lipinski definition) is 2. The van der Waals surface area contributed by atoms with Crippen LogP contribution in [0.4, 0.5) is 4.39 Å². The van der Waals surface area contributed by atoms with Crippen LogP contribution in [0.25, 0.3) is 0 Å². The van der Waals surface area contributed by atoms with Crippen LogP contribution in [0.5, 0.6) is 5.75 Å². The predicted molar refractivity (Wildman–Crippen MR) is 79.1 cm³/mol. The lowest BCUT2D eigenvalue weighted by atomic mass is 10.1. The van der Waals surface area contributed by atoms with Gasteiger partial charge in [-0.05, 0) is 54.2 Å². The van der Waals surface area contributed by atoms with Gasteiger partial charge in [-0.2, -0.15) is 0 Å². The van der Waals surface area contributed by atoms with Crippen molar-refractivity contribution < 1.29 is 13.9 Å². The molecule has 0 aliphatic heterocycles. The molecule has 0 amide bonds. The second-order valence-corrected chi connectivity index (χ2v) is 5.38. The molecule has 0 bridgehead atoms. The van der Waals surface area contributed by atoms with Gasteiger partial charge in [0.2, 0.25) is 0 Å². The van der Waals surface area contributed by atoms with Crippen molar-refractivity contribution in [2.24, 2.45) is 0 Å². The van der Waals surface area contributed by atoms with Crippen LogP contribution in [0, 0.1) is 5.82 Å². The number of Topliss-reactive ketones (excluding diaryl/α,β-unsaturated/α-hetero) is 1. The molecule has 2 aromatic carbocycles. The molecule has 2 nitrogen and oxygen atoms in total. The Morgan fingerprint density at radius 3 is 2.76 bits per heavy atom. The zero-order valence-electron chi connectivity index (χ0n) is 11.8. The molecular weight excluding hydrogens is 267 g/mol. The van der Waals surface area contributed by atoms with E-state index in [0.717, 1.165) is 18.6 Å². The van der Waals surface area contributed by atoms with Gasteiger partial charge in [-0.1, -0.05) is 24.3 Å². The summed E-state index contributed by atoms with van der Waals surface area (Å²) in [5.41, 5.74) is 3.11. The van der Waals surface area contributed by atoms with Gasteiger partial charge in [-0.3, -0.25) is 4.79 Å². The van der Waals surface area contributed by atoms with Crippen molar-refractivity contribution in [3.63, 3.8) is 0 Å². The minimum Gasteiger partial charge on any atom is -0.486 e. The van der Waals surface area contributed by atoms with Crippen molar-refractivity contribution in [3.8, 4) is 5.75 Å². The van der Waals surface area contributed by atoms with Crippen LogP contribution < -0.4 is 4.74 Å². The minimum absolute atomic E-state index is 0.0207. The molecule has 0 N–H and O–H groups in total. The number of rotatable bonds is 5. The first kappa shape index (κ1) is 13.8. The maximum Gasteiger partial charge on any atom is 0.174 e. The number of ketones is 1. The molecule has 0 unspecified atom stereocenters. The molecule has 3 heteroatoms. The van der Waals surface area contributed by atoms with E-state index in [1.54, 1.807) is 18.2 Å². The summed E-state index contributed by atoms with van der Waals surface area (Å²) in [6.07, 6.45) is 3.46. The number of halogens is 1. The van der Waals surface area contributed by atoms with E-state index in [2.05, 4.69) is 6.07 Å². The van der Waals surface area contributed by atoms with Crippen LogP contribution in [0.15, 0.2) is 42.5 Å². The third-order valence-corrected chi connectivity index (χ3v) is 3.82. The fourth-order valence-electron chi connectivity index (χ4n) is 2.71. The van der Waals surface area contributed by atoms with Crippen molar-refractivity contribution in [2.75, 3.05) is 6.61 Å². The van der Waals surface area contributed by atoms with Crippen LogP contribution in [0.3, 0.4) is 0 Å². The topological polar surface area (TPSA) is 26.3 Å². The van der Waals surface area contributed by atoms with E-state index in [1.165, 1.54) is 23.6 Å². The summed E-state index contributed by atoms with van der Waals surface area (Å²) in [6, 6.07) is 12.3. The summed E-state index contributed by atoms with van der Waals surface area (Å²) in [5, 5.41) is 0. The largest absolute Gasteiger partial charge is 0.486 e. The molecule has 1 aliphatic rings. The standard InChI is InChI=1S/C18H17FO2/c19-18-7-2-1-4-15(18)10-16(20)12-21-17-9-8-13-5-3-6-14(13)11-17/h1-2,4,7-9,11H,3,5-6,10,12H2. The molecule has 0 aromatic heterocycles. The van der Waals surface area contributed by atoms with E-state index in [9.17, 15) is 9.18 Å². The highest BCUT2D eigenvalue weighted by Gasteiger charge is 2.12. The first-order valence-electron chi connectivity index (χ1n) is 7.22. The second kappa shape index (κ2) is 6.08. The van der Waals surface area contributed by atoms with Crippen LogP contribution in [0.1, 0.15) is 23.1 Å². The summed E-state index contributed by atoms with van der Waals surface area (Å²) >= 11 is 0. The Kier molecular flexibility index (Phi) is 4.00. The summed E-state index contributed by atoms with van der Waals surface area (Å²) in [6.45, 7) is -0.0207. The van der Waals surface area contributed by atoms with E-state index >= 15 is 0 Å². The van der Waals surface area contributed by atoms with Crippen LogP contribution in [-0.4, -0.2) is 12.4 Å². The maximum atomic E-state index is 13.5. The minimum atomic E-state index is -0.344. The summed E-state index contributed by atoms with van der Waals surface area (Å²) in [5.74, 6) is 0.251. The molecule has 0 fully saturated rings. The third-order valence-electron chi connectivity index (χ3n) is 3.82. The second-order valence-electron chi connectivity index (χ2n) is 5.38. The number of carbonyl (C=O) groups excluding carboxylic acids is 1. The highest BCUT2D eigenvalue weighted by Crippen LogP contribution is 2.26. The first-order chi connectivity index (χ1) is 10.2. The van der Waals surface area contributed by atoms with E-state index in [4.69, 9.17) is 4.74 Å². The lowest BCUT2D eigenvalue weighted by Gasteiger charge is -2.08. The SMILES string of the molecule is O=C(COc1ccc2c(c1)CCC2)Cc1ccccc1F. The van der Waals surface area contributed by atoms with Crippen LogP contribution >= 0.6 is 0 Å². The highest BCUT2D eigenvalue weighted by atomic mass is 19.1. The fourth-order valence-corrected chi connectivity index (χ4v) is 2.71. The number of ether oxygens (including phenoxy) is 1. The van der Waals surface area contributed by atoms with Gasteiger partial charge in [0.05, 0.1) is 0 Å². The third kappa shape index (κ3) is 3.30. The van der Waals surface area contributed by atoms with Gasteiger partial charge < -0.3 is 4.74 Å². The zero-order valence-corrected chi connectivity index (χ0v) is 11.8. The fraction of sp³-hybridized carbons (Fsp3) is 0.278. The van der Waals surface area contributed by atoms with Gasteiger partial charge in [0, 0.05) is 6.42 Å². The Balaban J connectivity index is 1.58. The lowest BCUT2D eigenvalue weighted by Crippen LogP contribution is -2.14. The van der Waals surface area contributed by atoms with E-state index in [-0.39, 0.29) is 24.6 Å². The molecule has 3 rings (SSSR count). The molecule has 0 saturated heterocycles. The lowest BCUT2D eigenvalue weighted by molar-refractivity contribution is -0.120. The molecule has 0 spiro atoms. The Morgan fingerprint density at radius 1 is 1.10 bits per heavy atom. The monoisotopic (exact) mass is 284 g/mol. The van der Waals surface area contributed by atoms with Gasteiger partial charge in [-0.15, -0.1) is 0 Å². The Morgan fingerprint density at radius 2 is 1.90 bits per heavy atom. The average Bonchev–Trinajstić information content (AvgIpc) is 2.95. The molecule has 0 atom stereocenters. The molecular formula is C18H17FO2. The molecule has 108 valence electrons. The maximum absolute atomic E-state index is 13.5. The zero-order chi connectivity index (χ0) is 14.7. The molecule has 0 saturated carbocycles. The van der Waals surface area contributed by atoms with Crippen molar-refractivity contribution in [1.82, 2.24) is 0 Å². The van der Waals surface area contributed by atoms with Crippen molar-refractivity contribution >= 4 is 5.78 Å². The van der Waals surface area contributed by atoms with Crippen LogP contribution in [-0.2, 0) is 24.1 Å². The average molecular weight is 284 g/mol. The van der Waals surface area contributed by atoms with Gasteiger partial charge in [0.15, 0.2) is 5.78 Å². The van der Waals surface area contributed by atoms with Crippen LogP contribution in [0.2, 0.25) is 0 Å². The number of hydrogen-bond donors (Lipinski definition) is 0. The van der Waals surface area contributed by atoms with Crippen molar-refractivity contribution in [3.05, 3.63) is 65.0 Å². The Labute approximate surface area is 123 Å². The summed E-state index contributed by atoms with van der Waals surface area (Å²) in [4.78, 5) is 11.9. The number of benzene rings is 2. The van der Waals surface area contributed by atoms with E-state index in [1.807, 2.05) is 12.1 Å². The summed E-state index contributed by atoms with van der Waals surface area (Å²) in [7, 11) is 0. The number of carbonyl (C=O) groups is 1. The van der Waals surface area contributed by atoms with Gasteiger partial charge in [0.25, 0.3) is 0 Å². The van der Waals surface area contributed by atoms with E-state index in [0.29, 0.717) is 5.56 Å². The number of fused-ring (bicyclic) bond motifs is 1. The van der Waals surface area contributed by atoms with Gasteiger partial charge in [0.1, 0.15) is 18.2 Å². The normalized spacial score (nSPS) is 13.0. The Hall–Kier alpha value is -2.16. The molecule has 2 aromatic rings. The van der Waals surface area contributed by atoms with E-state index < -0.39 is 0 Å².